The molecular formula is C32H41N6O9P. The summed E-state index contributed by atoms with van der Waals surface area (Å²) >= 11 is 0. The van der Waals surface area contributed by atoms with Gasteiger partial charge in [0, 0.05) is 5.92 Å². The number of aliphatic hydroxyl groups is 2. The Morgan fingerprint density at radius 1 is 1.19 bits per heavy atom. The molecule has 0 spiro atoms. The number of hydrogen-bond acceptors (Lipinski definition) is 12. The first kappa shape index (κ1) is 35.4. The van der Waals surface area contributed by atoms with Crippen LogP contribution in [0.5, 0.6) is 5.75 Å². The van der Waals surface area contributed by atoms with Crippen LogP contribution in [-0.4, -0.2) is 74.3 Å². The van der Waals surface area contributed by atoms with E-state index in [1.54, 1.807) is 36.4 Å². The first-order chi connectivity index (χ1) is 23.0. The van der Waals surface area contributed by atoms with Crippen molar-refractivity contribution in [2.75, 3.05) is 18.5 Å². The minimum Gasteiger partial charge on any atom is -0.464 e. The van der Waals surface area contributed by atoms with Crippen LogP contribution in [-0.2, 0) is 33.8 Å². The van der Waals surface area contributed by atoms with Crippen molar-refractivity contribution >= 4 is 31.0 Å². The van der Waals surface area contributed by atoms with E-state index in [-0.39, 0.29) is 41.6 Å². The summed E-state index contributed by atoms with van der Waals surface area (Å²) in [6.07, 6.45) is 0.556. The molecule has 15 nitrogen and oxygen atoms in total. The summed E-state index contributed by atoms with van der Waals surface area (Å²) in [6, 6.07) is 12.0. The third-order valence-corrected chi connectivity index (χ3v) is 10.5. The summed E-state index contributed by atoms with van der Waals surface area (Å²) in [6.45, 7) is 5.03. The third-order valence-electron chi connectivity index (χ3n) is 8.87. The van der Waals surface area contributed by atoms with E-state index < -0.39 is 50.3 Å². The monoisotopic (exact) mass is 684 g/mol. The molecule has 3 aromatic rings. The molecule has 1 aromatic carbocycles. The van der Waals surface area contributed by atoms with Crippen LogP contribution in [0.15, 0.2) is 48.8 Å². The number of aliphatic hydroxyl groups excluding tert-OH is 2. The SMILES string of the molecule is CCC(CC)COC(=O)[C@H](C)NP(=O)(OC[C@H]1O[C@@](C#N)(c2ccc3c(NC(=O)C4CCC4)ncnn23)[C@H](O)[C@@H]1O)Oc1ccccc1. The van der Waals surface area contributed by atoms with Gasteiger partial charge in [0.2, 0.25) is 11.5 Å². The number of hydrogen-bond donors (Lipinski definition) is 4. The van der Waals surface area contributed by atoms with Gasteiger partial charge in [0.15, 0.2) is 5.82 Å². The summed E-state index contributed by atoms with van der Waals surface area (Å²) in [5, 5.41) is 42.2. The average Bonchev–Trinajstić information content (AvgIpc) is 3.60. The number of amides is 1. The molecule has 5 rings (SSSR count). The molecule has 1 amide bonds. The Kier molecular flexibility index (Phi) is 11.1. The molecule has 2 aromatic heterocycles. The van der Waals surface area contributed by atoms with Gasteiger partial charge in [-0.1, -0.05) is 51.3 Å². The molecule has 1 saturated carbocycles. The molecule has 2 fully saturated rings. The predicted octanol–water partition coefficient (Wildman–Crippen LogP) is 3.47. The fourth-order valence-corrected chi connectivity index (χ4v) is 7.04. The second kappa shape index (κ2) is 15.1. The highest BCUT2D eigenvalue weighted by Crippen LogP contribution is 2.47. The quantitative estimate of drug-likeness (QED) is 0.134. The fourth-order valence-electron chi connectivity index (χ4n) is 5.54. The average molecular weight is 685 g/mol. The molecule has 3 heterocycles. The van der Waals surface area contributed by atoms with E-state index in [0.717, 1.165) is 32.1 Å². The maximum Gasteiger partial charge on any atom is 0.459 e. The van der Waals surface area contributed by atoms with Crippen molar-refractivity contribution in [3.63, 3.8) is 0 Å². The van der Waals surface area contributed by atoms with Crippen molar-refractivity contribution in [3.05, 3.63) is 54.5 Å². The van der Waals surface area contributed by atoms with E-state index in [1.165, 1.54) is 23.8 Å². The summed E-state index contributed by atoms with van der Waals surface area (Å²) < 4.78 is 38.1. The number of nitriles is 1. The van der Waals surface area contributed by atoms with Gasteiger partial charge in [0.25, 0.3) is 0 Å². The number of esters is 1. The van der Waals surface area contributed by atoms with Gasteiger partial charge < -0.3 is 29.5 Å². The zero-order valence-corrected chi connectivity index (χ0v) is 27.9. The molecule has 1 saturated heterocycles. The van der Waals surface area contributed by atoms with Crippen LogP contribution in [0, 0.1) is 23.2 Å². The highest BCUT2D eigenvalue weighted by atomic mass is 31.2. The second-order valence-electron chi connectivity index (χ2n) is 12.0. The van der Waals surface area contributed by atoms with E-state index in [2.05, 4.69) is 20.5 Å². The number of rotatable bonds is 15. The molecule has 48 heavy (non-hydrogen) atoms. The second-order valence-corrected chi connectivity index (χ2v) is 13.7. The van der Waals surface area contributed by atoms with E-state index in [9.17, 15) is 29.6 Å². The first-order valence-corrected chi connectivity index (χ1v) is 17.6. The van der Waals surface area contributed by atoms with Crippen LogP contribution in [0.2, 0.25) is 0 Å². The van der Waals surface area contributed by atoms with Crippen molar-refractivity contribution in [1.29, 1.82) is 5.26 Å². The summed E-state index contributed by atoms with van der Waals surface area (Å²) in [5.74, 6) is -0.371. The smallest absolute Gasteiger partial charge is 0.459 e. The number of nitrogens with one attached hydrogen (secondary N) is 2. The Hall–Kier alpha value is -3.90. The van der Waals surface area contributed by atoms with Crippen molar-refractivity contribution < 1.29 is 42.9 Å². The number of nitrogens with zero attached hydrogens (tertiary/aromatic N) is 4. The molecule has 4 N–H and O–H groups in total. The van der Waals surface area contributed by atoms with E-state index in [0.29, 0.717) is 5.52 Å². The maximum absolute atomic E-state index is 14.0. The first-order valence-electron chi connectivity index (χ1n) is 16.1. The lowest BCUT2D eigenvalue weighted by molar-refractivity contribution is -0.146. The van der Waals surface area contributed by atoms with Gasteiger partial charge in [-0.3, -0.25) is 14.1 Å². The number of carbonyl (C=O) groups excluding carboxylic acids is 2. The molecule has 0 radical (unpaired) electrons. The maximum atomic E-state index is 14.0. The van der Waals surface area contributed by atoms with Crippen molar-refractivity contribution in [2.45, 2.75) is 82.8 Å². The molecule has 1 unspecified atom stereocenters. The lowest BCUT2D eigenvalue weighted by Gasteiger charge is -2.26. The standard InChI is InChI=1S/C32H41N6O9P/c1-4-21(5-2)16-44-31(42)20(3)37-48(43,47-23-12-7-6-8-13-23)45-17-25-27(39)28(40)32(18-33,46-25)26-15-14-24-29(34-19-35-38(24)26)36-30(41)22-10-9-11-22/h6-8,12-15,19-22,25,27-28,39-40H,4-5,9-11,16-17H2,1-3H3,(H,37,43)(H,34,35,36,41)/t20-,25+,27+,28+,32-,48?/m0/s1. The third kappa shape index (κ3) is 7.39. The molecule has 6 atom stereocenters. The summed E-state index contributed by atoms with van der Waals surface area (Å²) in [5.41, 5.74) is -1.74. The van der Waals surface area contributed by atoms with Gasteiger partial charge in [-0.25, -0.2) is 14.1 Å². The number of fused-ring (bicyclic) bond motifs is 1. The molecule has 258 valence electrons. The van der Waals surface area contributed by atoms with Crippen molar-refractivity contribution in [2.24, 2.45) is 11.8 Å². The predicted molar refractivity (Wildman–Crippen MR) is 171 cm³/mol. The Morgan fingerprint density at radius 2 is 1.92 bits per heavy atom. The van der Waals surface area contributed by atoms with E-state index in [1.807, 2.05) is 19.9 Å². The van der Waals surface area contributed by atoms with Crippen LogP contribution < -0.4 is 14.9 Å². The van der Waals surface area contributed by atoms with Crippen molar-refractivity contribution in [3.8, 4) is 11.8 Å². The number of carbonyl (C=O) groups is 2. The molecule has 2 aliphatic rings. The van der Waals surface area contributed by atoms with Crippen LogP contribution in [0.4, 0.5) is 5.82 Å². The highest BCUT2D eigenvalue weighted by Gasteiger charge is 2.58. The number of aromatic nitrogens is 3. The summed E-state index contributed by atoms with van der Waals surface area (Å²) in [4.78, 5) is 29.6. The fraction of sp³-hybridized carbons (Fsp3) is 0.531. The van der Waals surface area contributed by atoms with E-state index >= 15 is 0 Å². The van der Waals surface area contributed by atoms with Crippen molar-refractivity contribution in [1.82, 2.24) is 19.7 Å². The summed E-state index contributed by atoms with van der Waals surface area (Å²) in [7, 11) is -4.36. The Labute approximate surface area is 278 Å². The van der Waals surface area contributed by atoms with Gasteiger partial charge in [0.05, 0.1) is 18.9 Å². The number of benzene rings is 1. The van der Waals surface area contributed by atoms with Crippen LogP contribution in [0.1, 0.15) is 58.6 Å². The number of anilines is 1. The van der Waals surface area contributed by atoms with Gasteiger partial charge in [-0.2, -0.15) is 15.4 Å². The zero-order chi connectivity index (χ0) is 34.5. The lowest BCUT2D eigenvalue weighted by Crippen LogP contribution is -2.41. The molecule has 16 heteroatoms. The van der Waals surface area contributed by atoms with Gasteiger partial charge in [-0.05, 0) is 49.9 Å². The molecule has 0 bridgehead atoms. The lowest BCUT2D eigenvalue weighted by atomic mass is 9.85. The highest BCUT2D eigenvalue weighted by molar-refractivity contribution is 7.52. The molecular weight excluding hydrogens is 643 g/mol. The zero-order valence-electron chi connectivity index (χ0n) is 27.0. The Balaban J connectivity index is 1.34. The van der Waals surface area contributed by atoms with Gasteiger partial charge in [-0.15, -0.1) is 0 Å². The van der Waals surface area contributed by atoms with Crippen LogP contribution in [0.3, 0.4) is 0 Å². The normalized spacial score (nSPS) is 24.4. The largest absolute Gasteiger partial charge is 0.464 e. The Bertz CT molecular complexity index is 1680. The van der Waals surface area contributed by atoms with E-state index in [4.69, 9.17) is 18.5 Å². The molecule has 1 aliphatic heterocycles. The Morgan fingerprint density at radius 3 is 2.56 bits per heavy atom. The van der Waals surface area contributed by atoms with Crippen LogP contribution >= 0.6 is 7.75 Å². The van der Waals surface area contributed by atoms with Crippen LogP contribution in [0.25, 0.3) is 5.52 Å². The number of para-hydroxylation sites is 1. The van der Waals surface area contributed by atoms with Gasteiger partial charge >= 0.3 is 13.7 Å². The molecule has 1 aliphatic carbocycles. The number of ether oxygens (including phenoxy) is 2. The topological polar surface area (TPSA) is 207 Å². The minimum absolute atomic E-state index is 0.0614. The van der Waals surface area contributed by atoms with Gasteiger partial charge in [0.1, 0.15) is 48.0 Å². The minimum atomic E-state index is -4.36.